The van der Waals surface area contributed by atoms with Gasteiger partial charge >= 0.3 is 0 Å². The maximum atomic E-state index is 6.95. The van der Waals surface area contributed by atoms with Gasteiger partial charge in [0, 0.05) is 99.0 Å². The van der Waals surface area contributed by atoms with Crippen molar-refractivity contribution >= 4 is 87.5 Å². The lowest BCUT2D eigenvalue weighted by molar-refractivity contribution is 0.669. The quantitative estimate of drug-likeness (QED) is 0.126. The molecule has 0 aliphatic carbocycles. The van der Waals surface area contributed by atoms with Crippen LogP contribution >= 0.6 is 0 Å². The summed E-state index contributed by atoms with van der Waals surface area (Å²) >= 11 is 0. The van der Waals surface area contributed by atoms with E-state index in [-0.39, 0.29) is 0 Å². The molecule has 0 N–H and O–H groups in total. The van der Waals surface area contributed by atoms with Gasteiger partial charge in [-0.1, -0.05) is 267 Å². The minimum atomic E-state index is 0.614. The van der Waals surface area contributed by atoms with Crippen molar-refractivity contribution in [2.24, 2.45) is 0 Å². The zero-order valence-electron chi connectivity index (χ0n) is 57.0. The maximum Gasteiger partial charge on any atom is 0.164 e. The minimum Gasteiger partial charge on any atom is -0.456 e. The molecule has 0 aliphatic heterocycles. The van der Waals surface area contributed by atoms with Gasteiger partial charge < -0.3 is 18.0 Å². The molecule has 0 bridgehead atoms. The van der Waals surface area contributed by atoms with Crippen LogP contribution in [0, 0.1) is 0 Å². The summed E-state index contributed by atoms with van der Waals surface area (Å²) in [5, 5.41) is 9.10. The van der Waals surface area contributed by atoms with E-state index >= 15 is 0 Å². The first-order valence-electron chi connectivity index (χ1n) is 35.5. The smallest absolute Gasteiger partial charge is 0.164 e. The van der Waals surface area contributed by atoms with Crippen LogP contribution in [0.2, 0.25) is 0 Å². The molecule has 0 spiro atoms. The number of nitrogens with zero attached hydrogens (tertiary/aromatic N) is 8. The van der Waals surface area contributed by atoms with Gasteiger partial charge in [0.25, 0.3) is 0 Å². The summed E-state index contributed by atoms with van der Waals surface area (Å²) in [5.41, 5.74) is 22.4. The van der Waals surface area contributed by atoms with Crippen molar-refractivity contribution in [3.05, 3.63) is 364 Å². The molecule has 0 radical (unpaired) electrons. The number of fused-ring (bicyclic) bond motifs is 12. The van der Waals surface area contributed by atoms with Gasteiger partial charge in [0.05, 0.1) is 22.1 Å². The maximum absolute atomic E-state index is 6.95. The molecule has 6 aromatic heterocycles. The standard InChI is InChI=1S/C51H32N4O.C45H28N4O/c1-4-15-33(16-5-1)49-52-50(34-17-6-2-7-18-34)54-51(53-49)37-20-12-19-35(31-37)39-24-13-26-42-43-27-14-25-40(48(43)56-47(39)42)36-29-30-46-44(32-36)41-23-10-11-28-45(41)55(46)38-21-8-3-9-22-38;1-4-12-29(13-5-1)43-46-44(30-14-6-2-7-15-30)48-45(47-43)33-22-25-41-38(27-33)36-23-20-32(28-42(36)50-41)31-21-24-40-37(26-31)35-18-10-11-19-39(35)49(40)34-16-8-3-9-17-34/h1-32H;1-28H. The zero-order valence-corrected chi connectivity index (χ0v) is 57.0. The van der Waals surface area contributed by atoms with Crippen molar-refractivity contribution in [2.45, 2.75) is 0 Å². The summed E-state index contributed by atoms with van der Waals surface area (Å²) in [6.07, 6.45) is 0. The molecule has 106 heavy (non-hydrogen) atoms. The molecule has 6 heterocycles. The van der Waals surface area contributed by atoms with Gasteiger partial charge in [-0.2, -0.15) is 0 Å². The molecule has 496 valence electrons. The summed E-state index contributed by atoms with van der Waals surface area (Å²) in [6, 6.07) is 126. The summed E-state index contributed by atoms with van der Waals surface area (Å²) in [6.45, 7) is 0. The number of aromatic nitrogens is 8. The number of hydrogen-bond donors (Lipinski definition) is 0. The van der Waals surface area contributed by atoms with Gasteiger partial charge in [-0.15, -0.1) is 0 Å². The predicted octanol–water partition coefficient (Wildman–Crippen LogP) is 24.7. The Labute approximate surface area is 608 Å². The lowest BCUT2D eigenvalue weighted by atomic mass is 9.98. The molecular weight excluding hydrogens is 1300 g/mol. The van der Waals surface area contributed by atoms with Crippen LogP contribution in [0.25, 0.3) is 201 Å². The first kappa shape index (κ1) is 61.4. The molecule has 0 saturated carbocycles. The molecule has 21 aromatic rings. The van der Waals surface area contributed by atoms with Crippen molar-refractivity contribution in [2.75, 3.05) is 0 Å². The van der Waals surface area contributed by atoms with E-state index in [4.69, 9.17) is 38.7 Å². The Balaban J connectivity index is 0.000000141. The van der Waals surface area contributed by atoms with Crippen LogP contribution in [0.3, 0.4) is 0 Å². The molecular formula is C96H60N8O2. The number of furan rings is 2. The second-order valence-electron chi connectivity index (χ2n) is 26.5. The van der Waals surface area contributed by atoms with Crippen molar-refractivity contribution in [3.8, 4) is 113 Å². The van der Waals surface area contributed by atoms with Gasteiger partial charge in [0.15, 0.2) is 34.9 Å². The summed E-state index contributed by atoms with van der Waals surface area (Å²) in [7, 11) is 0. The third kappa shape index (κ3) is 10.9. The van der Waals surface area contributed by atoms with Crippen molar-refractivity contribution in [1.29, 1.82) is 0 Å². The topological polar surface area (TPSA) is 113 Å². The highest BCUT2D eigenvalue weighted by molar-refractivity contribution is 6.16. The fourth-order valence-corrected chi connectivity index (χ4v) is 15.1. The van der Waals surface area contributed by atoms with E-state index in [1.807, 2.05) is 133 Å². The molecule has 0 fully saturated rings. The first-order valence-corrected chi connectivity index (χ1v) is 35.5. The summed E-state index contributed by atoms with van der Waals surface area (Å²) < 4.78 is 18.1. The van der Waals surface area contributed by atoms with Crippen LogP contribution in [0.15, 0.2) is 373 Å². The highest BCUT2D eigenvalue weighted by atomic mass is 16.3. The van der Waals surface area contributed by atoms with E-state index in [0.29, 0.717) is 34.9 Å². The van der Waals surface area contributed by atoms with Crippen LogP contribution in [0.5, 0.6) is 0 Å². The lowest BCUT2D eigenvalue weighted by Gasteiger charge is -2.10. The van der Waals surface area contributed by atoms with Gasteiger partial charge in [-0.3, -0.25) is 0 Å². The normalized spacial score (nSPS) is 11.6. The van der Waals surface area contributed by atoms with Crippen LogP contribution in [0.4, 0.5) is 0 Å². The Morgan fingerprint density at radius 2 is 0.509 bits per heavy atom. The van der Waals surface area contributed by atoms with E-state index < -0.39 is 0 Å². The second-order valence-corrected chi connectivity index (χ2v) is 26.5. The highest BCUT2D eigenvalue weighted by Gasteiger charge is 2.22. The Bertz CT molecular complexity index is 6820. The highest BCUT2D eigenvalue weighted by Crippen LogP contribution is 2.44. The third-order valence-electron chi connectivity index (χ3n) is 20.1. The average molecular weight is 1360 g/mol. The van der Waals surface area contributed by atoms with Crippen molar-refractivity contribution in [1.82, 2.24) is 39.0 Å². The molecule has 0 saturated heterocycles. The predicted molar refractivity (Wildman–Crippen MR) is 432 cm³/mol. The monoisotopic (exact) mass is 1360 g/mol. The Morgan fingerprint density at radius 1 is 0.179 bits per heavy atom. The average Bonchev–Trinajstić information content (AvgIpc) is 1.59. The van der Waals surface area contributed by atoms with Crippen molar-refractivity contribution in [3.63, 3.8) is 0 Å². The van der Waals surface area contributed by atoms with Crippen molar-refractivity contribution < 1.29 is 8.83 Å². The fourth-order valence-electron chi connectivity index (χ4n) is 15.1. The molecule has 15 aromatic carbocycles. The Kier molecular flexibility index (Phi) is 15.0. The largest absolute Gasteiger partial charge is 0.456 e. The van der Waals surface area contributed by atoms with E-state index in [9.17, 15) is 0 Å². The van der Waals surface area contributed by atoms with Gasteiger partial charge in [0.2, 0.25) is 0 Å². The summed E-state index contributed by atoms with van der Waals surface area (Å²) in [4.78, 5) is 29.6. The van der Waals surface area contributed by atoms with E-state index in [0.717, 1.165) is 122 Å². The van der Waals surface area contributed by atoms with E-state index in [1.54, 1.807) is 0 Å². The Hall–Kier alpha value is -14.5. The molecule has 10 nitrogen and oxygen atoms in total. The van der Waals surface area contributed by atoms with E-state index in [1.165, 1.54) is 43.6 Å². The third-order valence-corrected chi connectivity index (χ3v) is 20.1. The van der Waals surface area contributed by atoms with Gasteiger partial charge in [0.1, 0.15) is 22.3 Å². The number of benzene rings is 15. The number of hydrogen-bond acceptors (Lipinski definition) is 8. The summed E-state index contributed by atoms with van der Waals surface area (Å²) in [5.74, 6) is 3.78. The van der Waals surface area contributed by atoms with Gasteiger partial charge in [-0.05, 0) is 119 Å². The molecule has 21 rings (SSSR count). The van der Waals surface area contributed by atoms with Crippen LogP contribution in [-0.4, -0.2) is 39.0 Å². The number of rotatable bonds is 11. The molecule has 0 amide bonds. The molecule has 0 aliphatic rings. The minimum absolute atomic E-state index is 0.614. The Morgan fingerprint density at radius 3 is 1.00 bits per heavy atom. The molecule has 0 atom stereocenters. The molecule has 10 heteroatoms. The zero-order chi connectivity index (χ0) is 70.0. The van der Waals surface area contributed by atoms with Crippen LogP contribution < -0.4 is 0 Å². The van der Waals surface area contributed by atoms with Crippen LogP contribution in [0.1, 0.15) is 0 Å². The number of para-hydroxylation sites is 6. The van der Waals surface area contributed by atoms with Gasteiger partial charge in [-0.25, -0.2) is 29.9 Å². The second kappa shape index (κ2) is 25.8. The fraction of sp³-hybridized carbons (Fsp3) is 0. The SMILES string of the molecule is c1ccc(-c2nc(-c3ccccc3)nc(-c3ccc4oc5cc(-c6ccc7c(c6)c6ccccc6n7-c6ccccc6)ccc5c4c3)n2)cc1.c1ccc(-c2nc(-c3ccccc3)nc(-c3cccc(-c4cccc5c4oc4c(-c6ccc7c(c6)c6ccccc6n7-c6ccccc6)cccc45)c3)n2)cc1. The first-order chi connectivity index (χ1) is 52.5. The van der Waals surface area contributed by atoms with E-state index in [2.05, 4.69) is 240 Å². The molecule has 0 unspecified atom stereocenters. The van der Waals surface area contributed by atoms with Crippen LogP contribution in [-0.2, 0) is 0 Å². The lowest BCUT2D eigenvalue weighted by Crippen LogP contribution is -2.00.